The van der Waals surface area contributed by atoms with E-state index in [1.54, 1.807) is 23.0 Å². The van der Waals surface area contributed by atoms with E-state index in [1.807, 2.05) is 32.0 Å². The Morgan fingerprint density at radius 1 is 1.14 bits per heavy atom. The third kappa shape index (κ3) is 3.74. The number of hydrogen-bond acceptors (Lipinski definition) is 5. The standard InChI is InChI=1S/C21H24FN5O/c1-3-15-12-18(22)21(24-13-15)27-14(2)25-26-20(27)16-7-9-17(10-8-16)28-19-6-4-5-11-23-19/h4-6,11-13,16-17H,3,7-10H2,1-2H3. The molecule has 0 N–H and O–H groups in total. The fraction of sp³-hybridized carbons (Fsp3) is 0.429. The van der Waals surface area contributed by atoms with Gasteiger partial charge in [-0.3, -0.25) is 4.57 Å². The molecule has 3 aromatic rings. The first-order valence-electron chi connectivity index (χ1n) is 9.80. The highest BCUT2D eigenvalue weighted by Crippen LogP contribution is 2.34. The lowest BCUT2D eigenvalue weighted by Gasteiger charge is -2.28. The second-order valence-electron chi connectivity index (χ2n) is 7.20. The van der Waals surface area contributed by atoms with Crippen molar-refractivity contribution in [2.75, 3.05) is 0 Å². The lowest BCUT2D eigenvalue weighted by molar-refractivity contribution is 0.139. The van der Waals surface area contributed by atoms with Gasteiger partial charge < -0.3 is 4.74 Å². The quantitative estimate of drug-likeness (QED) is 0.664. The summed E-state index contributed by atoms with van der Waals surface area (Å²) in [5, 5.41) is 8.57. The molecular formula is C21H24FN5O. The largest absolute Gasteiger partial charge is 0.474 e. The van der Waals surface area contributed by atoms with Crippen LogP contribution < -0.4 is 4.74 Å². The third-order valence-electron chi connectivity index (χ3n) is 5.31. The molecule has 0 aromatic carbocycles. The van der Waals surface area contributed by atoms with E-state index < -0.39 is 0 Å². The molecule has 4 rings (SSSR count). The van der Waals surface area contributed by atoms with Crippen LogP contribution in [0.4, 0.5) is 4.39 Å². The summed E-state index contributed by atoms with van der Waals surface area (Å²) in [4.78, 5) is 8.59. The SMILES string of the molecule is CCc1cnc(-n2c(C)nnc2C2CCC(Oc3ccccn3)CC2)c(F)c1. The average molecular weight is 381 g/mol. The first-order chi connectivity index (χ1) is 13.7. The van der Waals surface area contributed by atoms with E-state index in [2.05, 4.69) is 20.2 Å². The molecule has 1 aliphatic rings. The highest BCUT2D eigenvalue weighted by molar-refractivity contribution is 5.31. The Bertz CT molecular complexity index is 935. The van der Waals surface area contributed by atoms with E-state index in [4.69, 9.17) is 4.74 Å². The van der Waals surface area contributed by atoms with Crippen LogP contribution in [0.3, 0.4) is 0 Å². The van der Waals surface area contributed by atoms with Crippen LogP contribution in [0, 0.1) is 12.7 Å². The number of pyridine rings is 2. The van der Waals surface area contributed by atoms with Crippen molar-refractivity contribution in [3.8, 4) is 11.7 Å². The third-order valence-corrected chi connectivity index (χ3v) is 5.31. The van der Waals surface area contributed by atoms with Gasteiger partial charge in [-0.25, -0.2) is 14.4 Å². The van der Waals surface area contributed by atoms with Crippen LogP contribution in [0.1, 0.15) is 55.7 Å². The average Bonchev–Trinajstić information content (AvgIpc) is 3.10. The summed E-state index contributed by atoms with van der Waals surface area (Å²) in [6.07, 6.45) is 7.96. The van der Waals surface area contributed by atoms with Gasteiger partial charge >= 0.3 is 0 Å². The lowest BCUT2D eigenvalue weighted by atomic mass is 9.86. The van der Waals surface area contributed by atoms with Gasteiger partial charge in [0, 0.05) is 24.4 Å². The second kappa shape index (κ2) is 8.04. The maximum absolute atomic E-state index is 14.7. The molecule has 146 valence electrons. The molecule has 28 heavy (non-hydrogen) atoms. The number of hydrogen-bond donors (Lipinski definition) is 0. The first-order valence-corrected chi connectivity index (χ1v) is 9.80. The molecule has 0 amide bonds. The molecule has 0 unspecified atom stereocenters. The molecule has 0 saturated heterocycles. The Balaban J connectivity index is 1.51. The van der Waals surface area contributed by atoms with E-state index >= 15 is 0 Å². The smallest absolute Gasteiger partial charge is 0.213 e. The molecule has 1 aliphatic carbocycles. The monoisotopic (exact) mass is 381 g/mol. The molecule has 1 fully saturated rings. The van der Waals surface area contributed by atoms with Gasteiger partial charge in [0.1, 0.15) is 17.8 Å². The van der Waals surface area contributed by atoms with E-state index in [0.717, 1.165) is 43.5 Å². The zero-order valence-electron chi connectivity index (χ0n) is 16.2. The summed E-state index contributed by atoms with van der Waals surface area (Å²) < 4.78 is 22.4. The number of nitrogens with zero attached hydrogens (tertiary/aromatic N) is 5. The fourth-order valence-corrected chi connectivity index (χ4v) is 3.76. The number of halogens is 1. The minimum atomic E-state index is -0.337. The van der Waals surface area contributed by atoms with Crippen LogP contribution >= 0.6 is 0 Å². The minimum absolute atomic E-state index is 0.141. The van der Waals surface area contributed by atoms with Crippen molar-refractivity contribution in [1.82, 2.24) is 24.7 Å². The molecule has 3 heterocycles. The molecule has 0 atom stereocenters. The Hall–Kier alpha value is -2.83. The summed E-state index contributed by atoms with van der Waals surface area (Å²) in [7, 11) is 0. The summed E-state index contributed by atoms with van der Waals surface area (Å²) in [6, 6.07) is 7.22. The van der Waals surface area contributed by atoms with Crippen molar-refractivity contribution in [2.24, 2.45) is 0 Å². The van der Waals surface area contributed by atoms with Gasteiger partial charge in [0.25, 0.3) is 0 Å². The van der Waals surface area contributed by atoms with Crippen LogP contribution in [0.25, 0.3) is 5.82 Å². The second-order valence-corrected chi connectivity index (χ2v) is 7.20. The molecule has 6 nitrogen and oxygen atoms in total. The summed E-state index contributed by atoms with van der Waals surface area (Å²) in [5.41, 5.74) is 0.876. The van der Waals surface area contributed by atoms with E-state index in [-0.39, 0.29) is 23.7 Å². The van der Waals surface area contributed by atoms with Gasteiger partial charge in [-0.15, -0.1) is 10.2 Å². The Kier molecular flexibility index (Phi) is 5.32. The van der Waals surface area contributed by atoms with E-state index in [0.29, 0.717) is 11.7 Å². The van der Waals surface area contributed by atoms with Crippen molar-refractivity contribution in [1.29, 1.82) is 0 Å². The van der Waals surface area contributed by atoms with Crippen molar-refractivity contribution in [3.05, 3.63) is 59.7 Å². The lowest BCUT2D eigenvalue weighted by Crippen LogP contribution is -2.25. The van der Waals surface area contributed by atoms with Gasteiger partial charge in [0.2, 0.25) is 5.88 Å². The maximum atomic E-state index is 14.7. The number of aromatic nitrogens is 5. The van der Waals surface area contributed by atoms with Gasteiger partial charge in [-0.05, 0) is 56.7 Å². The topological polar surface area (TPSA) is 65.7 Å². The molecule has 3 aromatic heterocycles. The number of rotatable bonds is 5. The number of ether oxygens (including phenoxy) is 1. The molecule has 0 aliphatic heterocycles. The fourth-order valence-electron chi connectivity index (χ4n) is 3.76. The zero-order valence-corrected chi connectivity index (χ0v) is 16.2. The Morgan fingerprint density at radius 2 is 1.96 bits per heavy atom. The highest BCUT2D eigenvalue weighted by Gasteiger charge is 2.29. The molecule has 7 heteroatoms. The van der Waals surface area contributed by atoms with Crippen molar-refractivity contribution in [2.45, 2.75) is 58.0 Å². The number of aryl methyl sites for hydroxylation is 2. The summed E-state index contributed by atoms with van der Waals surface area (Å²) in [5.74, 6) is 2.24. The van der Waals surface area contributed by atoms with Crippen molar-refractivity contribution in [3.63, 3.8) is 0 Å². The normalized spacial score (nSPS) is 19.5. The van der Waals surface area contributed by atoms with Crippen LogP contribution in [0.5, 0.6) is 5.88 Å². The van der Waals surface area contributed by atoms with Crippen molar-refractivity contribution < 1.29 is 9.13 Å². The summed E-state index contributed by atoms with van der Waals surface area (Å²) >= 11 is 0. The Labute approximate surface area is 163 Å². The molecule has 0 spiro atoms. The van der Waals surface area contributed by atoms with Gasteiger partial charge in [-0.1, -0.05) is 13.0 Å². The Morgan fingerprint density at radius 3 is 2.64 bits per heavy atom. The van der Waals surface area contributed by atoms with E-state index in [1.165, 1.54) is 0 Å². The highest BCUT2D eigenvalue weighted by atomic mass is 19.1. The first kappa shape index (κ1) is 18.5. The predicted octanol–water partition coefficient (Wildman–Crippen LogP) is 4.17. The molecule has 0 bridgehead atoms. The predicted molar refractivity (Wildman–Crippen MR) is 103 cm³/mol. The zero-order chi connectivity index (χ0) is 19.5. The summed E-state index contributed by atoms with van der Waals surface area (Å²) in [6.45, 7) is 3.82. The van der Waals surface area contributed by atoms with Gasteiger partial charge in [-0.2, -0.15) is 0 Å². The minimum Gasteiger partial charge on any atom is -0.474 e. The van der Waals surface area contributed by atoms with Gasteiger partial charge in [0.15, 0.2) is 11.6 Å². The van der Waals surface area contributed by atoms with Crippen LogP contribution in [-0.2, 0) is 6.42 Å². The molecule has 0 radical (unpaired) electrons. The van der Waals surface area contributed by atoms with Crippen LogP contribution in [0.15, 0.2) is 36.7 Å². The van der Waals surface area contributed by atoms with Gasteiger partial charge in [0.05, 0.1) is 0 Å². The maximum Gasteiger partial charge on any atom is 0.213 e. The van der Waals surface area contributed by atoms with E-state index in [9.17, 15) is 4.39 Å². The molecule has 1 saturated carbocycles. The molecular weight excluding hydrogens is 357 g/mol. The van der Waals surface area contributed by atoms with Crippen molar-refractivity contribution >= 4 is 0 Å². The van der Waals surface area contributed by atoms with Crippen LogP contribution in [0.2, 0.25) is 0 Å². The van der Waals surface area contributed by atoms with Crippen LogP contribution in [-0.4, -0.2) is 30.8 Å².